The molecule has 13 heteroatoms. The maximum atomic E-state index is 12.5. The van der Waals surface area contributed by atoms with Crippen LogP contribution in [0.15, 0.2) is 59.1 Å². The average molecular weight is 520 g/mol. The molecule has 196 valence electrons. The maximum Gasteiger partial charge on any atom is 0.573 e. The highest BCUT2D eigenvalue weighted by Crippen LogP contribution is 2.25. The van der Waals surface area contributed by atoms with Crippen molar-refractivity contribution < 1.29 is 41.6 Å². The molecule has 0 saturated heterocycles. The van der Waals surface area contributed by atoms with Crippen molar-refractivity contribution >= 4 is 29.3 Å². The van der Waals surface area contributed by atoms with Gasteiger partial charge in [0.25, 0.3) is 5.91 Å². The van der Waals surface area contributed by atoms with Gasteiger partial charge in [-0.3, -0.25) is 4.79 Å². The predicted molar refractivity (Wildman–Crippen MR) is 126 cm³/mol. The van der Waals surface area contributed by atoms with E-state index in [0.29, 0.717) is 16.9 Å². The molecule has 37 heavy (non-hydrogen) atoms. The Morgan fingerprint density at radius 3 is 2.03 bits per heavy atom. The van der Waals surface area contributed by atoms with Gasteiger partial charge >= 0.3 is 18.4 Å². The van der Waals surface area contributed by atoms with Crippen molar-refractivity contribution in [1.82, 2.24) is 10.5 Å². The lowest BCUT2D eigenvalue weighted by Gasteiger charge is -2.18. The number of benzene rings is 2. The van der Waals surface area contributed by atoms with E-state index in [1.165, 1.54) is 25.3 Å². The largest absolute Gasteiger partial charge is 0.573 e. The van der Waals surface area contributed by atoms with Crippen LogP contribution in [0.1, 0.15) is 24.4 Å². The normalized spacial score (nSPS) is 12.0. The second kappa shape index (κ2) is 11.5. The minimum atomic E-state index is -4.81. The molecule has 3 aromatic rings. The lowest BCUT2D eigenvalue weighted by atomic mass is 10.0. The molecule has 0 aliphatic rings. The summed E-state index contributed by atoms with van der Waals surface area (Å²) in [5.74, 6) is -1.93. The third kappa shape index (κ3) is 7.72. The van der Waals surface area contributed by atoms with Crippen molar-refractivity contribution in [3.63, 3.8) is 0 Å². The Kier molecular flexibility index (Phi) is 8.37. The van der Waals surface area contributed by atoms with Crippen molar-refractivity contribution in [2.24, 2.45) is 5.92 Å². The van der Waals surface area contributed by atoms with Crippen molar-refractivity contribution in [2.75, 3.05) is 17.7 Å². The molecule has 0 radical (unpaired) electrons. The van der Waals surface area contributed by atoms with Gasteiger partial charge in [-0.1, -0.05) is 31.1 Å². The number of amides is 3. The van der Waals surface area contributed by atoms with Gasteiger partial charge in [0.2, 0.25) is 5.76 Å². The first-order chi connectivity index (χ1) is 17.4. The highest BCUT2D eigenvalue weighted by molar-refractivity contribution is 6.00. The molecule has 0 fully saturated rings. The number of nitrogens with zero attached hydrogens (tertiary/aromatic N) is 1. The molecular weight excluding hydrogens is 497 g/mol. The van der Waals surface area contributed by atoms with E-state index in [1.807, 2.05) is 0 Å². The van der Waals surface area contributed by atoms with Crippen molar-refractivity contribution in [3.05, 3.63) is 60.4 Å². The third-order valence-electron chi connectivity index (χ3n) is 4.93. The first kappa shape index (κ1) is 27.0. The van der Waals surface area contributed by atoms with Gasteiger partial charge in [0.1, 0.15) is 17.5 Å². The third-order valence-corrected chi connectivity index (χ3v) is 4.93. The van der Waals surface area contributed by atoms with E-state index >= 15 is 0 Å². The predicted octanol–water partition coefficient (Wildman–Crippen LogP) is 4.81. The fraction of sp³-hybridized carbons (Fsp3) is 0.250. The molecule has 3 amide bonds. The number of carbonyl (C=O) groups excluding carboxylic acids is 3. The van der Waals surface area contributed by atoms with E-state index in [0.717, 1.165) is 12.1 Å². The smallest absolute Gasteiger partial charge is 0.467 e. The molecule has 0 unspecified atom stereocenters. The van der Waals surface area contributed by atoms with Crippen LogP contribution in [0, 0.1) is 5.92 Å². The Hall–Kier alpha value is -4.55. The summed E-state index contributed by atoms with van der Waals surface area (Å²) in [6, 6.07) is 11.0. The van der Waals surface area contributed by atoms with Gasteiger partial charge < -0.3 is 29.9 Å². The summed E-state index contributed by atoms with van der Waals surface area (Å²) in [6.45, 7) is 3.51. The molecule has 1 atom stereocenters. The molecule has 0 saturated carbocycles. The SMILES string of the molecule is COC(=O)[C@@H](NC(=O)c1cc(-c2ccc(NC(=O)Nc3ccc(OC(F)(F)F)cc3)cc2)no1)C(C)C. The number of nitrogens with one attached hydrogen (secondary N) is 3. The van der Waals surface area contributed by atoms with Crippen molar-refractivity contribution in [3.8, 4) is 17.0 Å². The van der Waals surface area contributed by atoms with Gasteiger partial charge in [0.05, 0.1) is 7.11 Å². The minimum absolute atomic E-state index is 0.0993. The Balaban J connectivity index is 1.58. The number of urea groups is 1. The monoisotopic (exact) mass is 520 g/mol. The molecular formula is C24H23F3N4O6. The van der Waals surface area contributed by atoms with Crippen LogP contribution in [-0.4, -0.2) is 42.6 Å². The molecule has 10 nitrogen and oxygen atoms in total. The summed E-state index contributed by atoms with van der Waals surface area (Å²) in [5, 5.41) is 11.5. The lowest BCUT2D eigenvalue weighted by Crippen LogP contribution is -2.44. The molecule has 0 aliphatic heterocycles. The Morgan fingerprint density at radius 1 is 0.946 bits per heavy atom. The number of halogens is 3. The van der Waals surface area contributed by atoms with Crippen LogP contribution in [0.4, 0.5) is 29.3 Å². The van der Waals surface area contributed by atoms with Crippen molar-refractivity contribution in [1.29, 1.82) is 0 Å². The quantitative estimate of drug-likeness (QED) is 0.363. The van der Waals surface area contributed by atoms with Gasteiger partial charge in [0, 0.05) is 23.0 Å². The van der Waals surface area contributed by atoms with Crippen LogP contribution in [0.2, 0.25) is 0 Å². The summed E-state index contributed by atoms with van der Waals surface area (Å²) in [6.07, 6.45) is -4.81. The molecule has 1 heterocycles. The summed E-state index contributed by atoms with van der Waals surface area (Å²) in [4.78, 5) is 36.5. The Bertz CT molecular complexity index is 1240. The van der Waals surface area contributed by atoms with Gasteiger partial charge in [-0.2, -0.15) is 0 Å². The van der Waals surface area contributed by atoms with Crippen LogP contribution >= 0.6 is 0 Å². The van der Waals surface area contributed by atoms with Crippen LogP contribution in [0.5, 0.6) is 5.75 Å². The fourth-order valence-corrected chi connectivity index (χ4v) is 3.11. The summed E-state index contributed by atoms with van der Waals surface area (Å²) in [7, 11) is 1.23. The molecule has 2 aromatic carbocycles. The van der Waals surface area contributed by atoms with Gasteiger partial charge in [-0.25, -0.2) is 9.59 Å². The van der Waals surface area contributed by atoms with E-state index in [-0.39, 0.29) is 17.4 Å². The molecule has 3 rings (SSSR count). The molecule has 1 aromatic heterocycles. The maximum absolute atomic E-state index is 12.5. The number of methoxy groups -OCH3 is 1. The second-order valence-electron chi connectivity index (χ2n) is 8.02. The summed E-state index contributed by atoms with van der Waals surface area (Å²) in [5.41, 5.74) is 1.60. The summed E-state index contributed by atoms with van der Waals surface area (Å²) >= 11 is 0. The standard InChI is InChI=1S/C24H23F3N4O6/c1-13(2)20(22(33)35-3)30-21(32)19-12-18(31-37-19)14-4-6-15(7-5-14)28-23(34)29-16-8-10-17(11-9-16)36-24(25,26)27/h4-13,20H,1-3H3,(H,30,32)(H2,28,29,34)/t20-/m0/s1. The lowest BCUT2D eigenvalue weighted by molar-refractivity contribution is -0.274. The molecule has 0 bridgehead atoms. The molecule has 0 aliphatic carbocycles. The zero-order chi connectivity index (χ0) is 27.2. The van der Waals surface area contributed by atoms with Crippen LogP contribution in [0.3, 0.4) is 0 Å². The van der Waals surface area contributed by atoms with Crippen molar-refractivity contribution in [2.45, 2.75) is 26.3 Å². The van der Waals surface area contributed by atoms with Gasteiger partial charge in [0.15, 0.2) is 0 Å². The fourth-order valence-electron chi connectivity index (χ4n) is 3.11. The topological polar surface area (TPSA) is 132 Å². The number of aromatic nitrogens is 1. The van der Waals surface area contributed by atoms with E-state index < -0.39 is 36.1 Å². The number of hydrogen-bond acceptors (Lipinski definition) is 7. The van der Waals surface area contributed by atoms with E-state index in [1.54, 1.807) is 38.1 Å². The van der Waals surface area contributed by atoms with Crippen LogP contribution in [-0.2, 0) is 9.53 Å². The number of alkyl halides is 3. The minimum Gasteiger partial charge on any atom is -0.467 e. The first-order valence-corrected chi connectivity index (χ1v) is 10.8. The van der Waals surface area contributed by atoms with Crippen LogP contribution < -0.4 is 20.7 Å². The highest BCUT2D eigenvalue weighted by Gasteiger charge is 2.31. The van der Waals surface area contributed by atoms with Gasteiger partial charge in [-0.15, -0.1) is 13.2 Å². The summed E-state index contributed by atoms with van der Waals surface area (Å²) < 4.78 is 50.3. The zero-order valence-corrected chi connectivity index (χ0v) is 19.9. The van der Waals surface area contributed by atoms with E-state index in [2.05, 4.69) is 25.8 Å². The molecule has 3 N–H and O–H groups in total. The van der Waals surface area contributed by atoms with Gasteiger partial charge in [-0.05, 0) is 42.3 Å². The number of carbonyl (C=O) groups is 3. The van der Waals surface area contributed by atoms with Crippen LogP contribution in [0.25, 0.3) is 11.3 Å². The average Bonchev–Trinajstić information content (AvgIpc) is 3.33. The number of ether oxygens (including phenoxy) is 2. The molecule has 0 spiro atoms. The number of esters is 1. The number of rotatable bonds is 8. The zero-order valence-electron chi connectivity index (χ0n) is 19.9. The number of hydrogen-bond donors (Lipinski definition) is 3. The Labute approximate surface area is 209 Å². The first-order valence-electron chi connectivity index (χ1n) is 10.8. The highest BCUT2D eigenvalue weighted by atomic mass is 19.4. The van der Waals surface area contributed by atoms with E-state index in [9.17, 15) is 27.6 Å². The Morgan fingerprint density at radius 2 is 1.51 bits per heavy atom. The second-order valence-corrected chi connectivity index (χ2v) is 8.02. The van der Waals surface area contributed by atoms with E-state index in [4.69, 9.17) is 9.26 Å². The number of anilines is 2.